The van der Waals surface area contributed by atoms with E-state index in [1.807, 2.05) is 0 Å². The molecule has 2 aliphatic carbocycles. The average molecular weight is 520 g/mol. The van der Waals surface area contributed by atoms with Crippen molar-refractivity contribution in [2.75, 3.05) is 11.9 Å². The third-order valence-electron chi connectivity index (χ3n) is 7.44. The van der Waals surface area contributed by atoms with Crippen molar-refractivity contribution >= 4 is 39.5 Å². The third-order valence-corrected chi connectivity index (χ3v) is 8.65. The molecular weight excluding hydrogens is 486 g/mol. The predicted octanol–water partition coefficient (Wildman–Crippen LogP) is 5.49. The van der Waals surface area contributed by atoms with Gasteiger partial charge in [0.2, 0.25) is 5.91 Å². The van der Waals surface area contributed by atoms with E-state index < -0.39 is 0 Å². The van der Waals surface area contributed by atoms with E-state index in [-0.39, 0.29) is 52.4 Å². The number of amides is 1. The highest BCUT2D eigenvalue weighted by Crippen LogP contribution is 2.60. The first-order valence-electron chi connectivity index (χ1n) is 12.4. The Balaban J connectivity index is 1.19. The molecule has 6 nitrogen and oxygen atoms in total. The standard InChI is InChI=1S/C26H34BrNO5/c1-2-3-4-5-6-7-8-9-14-32-25(30)16-10-12-17(13-11-16)28-24(29)20-18-15-19-21(20)26(31)33-23(19)22(18)27/h10-13,18-23H,2-9,14-15H2,1H3,(H,28,29)/t18-,19-,20-,21+,22-,23+/m1/s1. The number of rotatable bonds is 12. The van der Waals surface area contributed by atoms with Crippen molar-refractivity contribution in [2.24, 2.45) is 23.7 Å². The summed E-state index contributed by atoms with van der Waals surface area (Å²) in [5.41, 5.74) is 1.08. The van der Waals surface area contributed by atoms with Crippen LogP contribution in [0.2, 0.25) is 0 Å². The van der Waals surface area contributed by atoms with Crippen LogP contribution in [0.3, 0.4) is 0 Å². The number of carbonyl (C=O) groups is 3. The highest BCUT2D eigenvalue weighted by atomic mass is 79.9. The first kappa shape index (κ1) is 24.2. The maximum absolute atomic E-state index is 13.0. The van der Waals surface area contributed by atoms with E-state index in [1.54, 1.807) is 24.3 Å². The summed E-state index contributed by atoms with van der Waals surface area (Å²) in [4.78, 5) is 37.5. The maximum atomic E-state index is 13.0. The zero-order valence-electron chi connectivity index (χ0n) is 19.3. The fourth-order valence-electron chi connectivity index (χ4n) is 5.73. The minimum absolute atomic E-state index is 0.0409. The summed E-state index contributed by atoms with van der Waals surface area (Å²) in [7, 11) is 0. The second-order valence-corrected chi connectivity index (χ2v) is 10.7. The van der Waals surface area contributed by atoms with E-state index in [0.717, 1.165) is 19.3 Å². The van der Waals surface area contributed by atoms with Crippen LogP contribution in [0.5, 0.6) is 0 Å². The molecule has 1 aromatic rings. The summed E-state index contributed by atoms with van der Waals surface area (Å²) in [6.45, 7) is 2.65. The fourth-order valence-corrected chi connectivity index (χ4v) is 6.77. The van der Waals surface area contributed by atoms with Gasteiger partial charge in [-0.05, 0) is 43.0 Å². The Hall–Kier alpha value is -1.89. The van der Waals surface area contributed by atoms with Crippen LogP contribution in [0.25, 0.3) is 0 Å². The molecule has 1 aromatic carbocycles. The Bertz CT molecular complexity index is 857. The Kier molecular flexibility index (Phi) is 8.10. The van der Waals surface area contributed by atoms with Gasteiger partial charge in [0.05, 0.1) is 28.8 Å². The van der Waals surface area contributed by atoms with Crippen LogP contribution >= 0.6 is 15.9 Å². The number of nitrogens with one attached hydrogen (secondary N) is 1. The summed E-state index contributed by atoms with van der Waals surface area (Å²) in [6, 6.07) is 6.75. The van der Waals surface area contributed by atoms with Gasteiger partial charge in [-0.15, -0.1) is 0 Å². The summed E-state index contributed by atoms with van der Waals surface area (Å²) in [5.74, 6) is -1.20. The van der Waals surface area contributed by atoms with Crippen LogP contribution in [0.15, 0.2) is 24.3 Å². The number of hydrogen-bond donors (Lipinski definition) is 1. The molecule has 1 saturated heterocycles. The van der Waals surface area contributed by atoms with E-state index in [0.29, 0.717) is 17.9 Å². The molecule has 0 radical (unpaired) electrons. The maximum Gasteiger partial charge on any atom is 0.338 e. The molecule has 0 spiro atoms. The molecule has 180 valence electrons. The number of esters is 2. The molecule has 0 unspecified atom stereocenters. The van der Waals surface area contributed by atoms with E-state index in [9.17, 15) is 14.4 Å². The molecule has 1 heterocycles. The zero-order valence-corrected chi connectivity index (χ0v) is 20.8. The minimum atomic E-state index is -0.373. The topological polar surface area (TPSA) is 81.7 Å². The van der Waals surface area contributed by atoms with Crippen molar-refractivity contribution in [3.05, 3.63) is 29.8 Å². The number of ether oxygens (including phenoxy) is 2. The summed E-state index contributed by atoms with van der Waals surface area (Å²) < 4.78 is 10.9. The molecule has 0 aromatic heterocycles. The predicted molar refractivity (Wildman–Crippen MR) is 129 cm³/mol. The Morgan fingerprint density at radius 1 is 1.03 bits per heavy atom. The third kappa shape index (κ3) is 5.28. The van der Waals surface area contributed by atoms with Gasteiger partial charge in [-0.3, -0.25) is 9.59 Å². The van der Waals surface area contributed by atoms with Crippen LogP contribution in [-0.4, -0.2) is 35.4 Å². The highest BCUT2D eigenvalue weighted by Gasteiger charge is 2.67. The molecule has 3 fully saturated rings. The lowest BCUT2D eigenvalue weighted by Gasteiger charge is -2.27. The monoisotopic (exact) mass is 519 g/mol. The van der Waals surface area contributed by atoms with Crippen LogP contribution in [0.4, 0.5) is 5.69 Å². The van der Waals surface area contributed by atoms with Crippen molar-refractivity contribution < 1.29 is 23.9 Å². The van der Waals surface area contributed by atoms with Gasteiger partial charge in [-0.1, -0.05) is 67.8 Å². The van der Waals surface area contributed by atoms with E-state index >= 15 is 0 Å². The molecule has 1 aliphatic heterocycles. The van der Waals surface area contributed by atoms with Crippen LogP contribution in [0.1, 0.15) is 75.1 Å². The molecule has 1 N–H and O–H groups in total. The van der Waals surface area contributed by atoms with Crippen LogP contribution in [0, 0.1) is 23.7 Å². The van der Waals surface area contributed by atoms with Crippen LogP contribution < -0.4 is 5.32 Å². The summed E-state index contributed by atoms with van der Waals surface area (Å²) in [6.07, 6.45) is 10.3. The largest absolute Gasteiger partial charge is 0.462 e. The van der Waals surface area contributed by atoms with Crippen molar-refractivity contribution in [3.8, 4) is 0 Å². The first-order chi connectivity index (χ1) is 16.0. The van der Waals surface area contributed by atoms with Gasteiger partial charge < -0.3 is 14.8 Å². The fraction of sp³-hybridized carbons (Fsp3) is 0.654. The number of alkyl halides is 1. The highest BCUT2D eigenvalue weighted by molar-refractivity contribution is 9.09. The van der Waals surface area contributed by atoms with Crippen molar-refractivity contribution in [3.63, 3.8) is 0 Å². The molecule has 4 rings (SSSR count). The number of anilines is 1. The van der Waals surface area contributed by atoms with E-state index in [2.05, 4.69) is 28.2 Å². The lowest BCUT2D eigenvalue weighted by atomic mass is 9.79. The number of hydrogen-bond acceptors (Lipinski definition) is 5. The van der Waals surface area contributed by atoms with Gasteiger partial charge >= 0.3 is 11.9 Å². The van der Waals surface area contributed by atoms with Gasteiger partial charge in [0.15, 0.2) is 0 Å². The second-order valence-electron chi connectivity index (χ2n) is 9.64. The lowest BCUT2D eigenvalue weighted by Crippen LogP contribution is -2.40. The van der Waals surface area contributed by atoms with Gasteiger partial charge in [0.25, 0.3) is 0 Å². The molecule has 7 heteroatoms. The van der Waals surface area contributed by atoms with Gasteiger partial charge in [-0.25, -0.2) is 4.79 Å². The first-order valence-corrected chi connectivity index (χ1v) is 13.4. The molecule has 33 heavy (non-hydrogen) atoms. The van der Waals surface area contributed by atoms with E-state index in [1.165, 1.54) is 38.5 Å². The number of fused-ring (bicyclic) bond motifs is 1. The van der Waals surface area contributed by atoms with Crippen molar-refractivity contribution in [1.82, 2.24) is 0 Å². The smallest absolute Gasteiger partial charge is 0.338 e. The number of unbranched alkanes of at least 4 members (excludes halogenated alkanes) is 7. The Morgan fingerprint density at radius 2 is 1.70 bits per heavy atom. The molecule has 2 bridgehead atoms. The van der Waals surface area contributed by atoms with E-state index in [4.69, 9.17) is 9.47 Å². The normalized spacial score (nSPS) is 29.2. The Labute approximate surface area is 204 Å². The molecule has 6 atom stereocenters. The quantitative estimate of drug-likeness (QED) is 0.224. The minimum Gasteiger partial charge on any atom is -0.462 e. The summed E-state index contributed by atoms with van der Waals surface area (Å²) in [5, 5.41) is 2.92. The number of halogens is 1. The molecule has 2 saturated carbocycles. The number of benzene rings is 1. The molecule has 1 amide bonds. The molecule has 3 aliphatic rings. The Morgan fingerprint density at radius 3 is 2.39 bits per heavy atom. The van der Waals surface area contributed by atoms with Crippen molar-refractivity contribution in [1.29, 1.82) is 0 Å². The number of carbonyl (C=O) groups excluding carboxylic acids is 3. The van der Waals surface area contributed by atoms with Gasteiger partial charge in [-0.2, -0.15) is 0 Å². The zero-order chi connectivity index (χ0) is 23.4. The van der Waals surface area contributed by atoms with Crippen molar-refractivity contribution in [2.45, 2.75) is 75.6 Å². The lowest BCUT2D eigenvalue weighted by molar-refractivity contribution is -0.145. The average Bonchev–Trinajstić information content (AvgIpc) is 3.42. The summed E-state index contributed by atoms with van der Waals surface area (Å²) >= 11 is 3.63. The van der Waals surface area contributed by atoms with Gasteiger partial charge in [0, 0.05) is 11.6 Å². The molecular formula is C26H34BrNO5. The SMILES string of the molecule is CCCCCCCCCCOC(=O)c1ccc(NC(=O)[C@@H]2[C@H]3C[C@H]4[C@H](OC(=O)[C@@H]42)[C@@H]3Br)cc1. The van der Waals surface area contributed by atoms with Gasteiger partial charge in [0.1, 0.15) is 6.10 Å². The van der Waals surface area contributed by atoms with Crippen LogP contribution in [-0.2, 0) is 19.1 Å². The second kappa shape index (κ2) is 11.0.